The van der Waals surface area contributed by atoms with E-state index in [1.165, 1.54) is 0 Å². The second-order valence-corrected chi connectivity index (χ2v) is 6.24. The fourth-order valence-electron chi connectivity index (χ4n) is 2.73. The zero-order valence-electron chi connectivity index (χ0n) is 14.9. The third kappa shape index (κ3) is 4.11. The third-order valence-electron chi connectivity index (χ3n) is 4.26. The third-order valence-corrected chi connectivity index (χ3v) is 4.26. The van der Waals surface area contributed by atoms with Crippen molar-refractivity contribution in [3.05, 3.63) is 73.0 Å². The van der Waals surface area contributed by atoms with E-state index in [2.05, 4.69) is 23.6 Å². The SMILES string of the molecule is C=C/C=C(\C=C)n1nc(C2CC2)cc1NC(=O)Cc1ccc(OC)cc1.[HH]. The molecule has 1 aliphatic rings. The zero-order valence-corrected chi connectivity index (χ0v) is 14.9. The van der Waals surface area contributed by atoms with Crippen LogP contribution in [0.25, 0.3) is 5.70 Å². The number of amides is 1. The first-order valence-corrected chi connectivity index (χ1v) is 8.63. The fourth-order valence-corrected chi connectivity index (χ4v) is 2.73. The molecule has 0 unspecified atom stereocenters. The highest BCUT2D eigenvalue weighted by atomic mass is 16.5. The monoisotopic (exact) mass is 351 g/mol. The number of ether oxygens (including phenoxy) is 1. The molecule has 1 amide bonds. The van der Waals surface area contributed by atoms with Crippen LogP contribution in [-0.4, -0.2) is 22.8 Å². The second kappa shape index (κ2) is 7.87. The van der Waals surface area contributed by atoms with Crippen LogP contribution in [0.4, 0.5) is 5.82 Å². The summed E-state index contributed by atoms with van der Waals surface area (Å²) in [4.78, 5) is 12.5. The van der Waals surface area contributed by atoms with Gasteiger partial charge >= 0.3 is 0 Å². The van der Waals surface area contributed by atoms with Gasteiger partial charge in [0.05, 0.1) is 24.9 Å². The van der Waals surface area contributed by atoms with Crippen molar-refractivity contribution in [2.45, 2.75) is 25.2 Å². The summed E-state index contributed by atoms with van der Waals surface area (Å²) in [5.74, 6) is 1.81. The van der Waals surface area contributed by atoms with Crippen LogP contribution >= 0.6 is 0 Å². The number of carbonyl (C=O) groups is 1. The number of allylic oxidation sites excluding steroid dienone is 4. The molecule has 26 heavy (non-hydrogen) atoms. The highest BCUT2D eigenvalue weighted by Gasteiger charge is 2.28. The second-order valence-electron chi connectivity index (χ2n) is 6.24. The Morgan fingerprint density at radius 3 is 2.69 bits per heavy atom. The first kappa shape index (κ1) is 17.7. The van der Waals surface area contributed by atoms with Crippen LogP contribution in [-0.2, 0) is 11.2 Å². The zero-order chi connectivity index (χ0) is 18.5. The molecule has 2 aromatic rings. The van der Waals surface area contributed by atoms with Crippen LogP contribution < -0.4 is 10.1 Å². The van der Waals surface area contributed by atoms with Crippen molar-refractivity contribution >= 4 is 17.4 Å². The van der Waals surface area contributed by atoms with Crippen molar-refractivity contribution in [3.8, 4) is 5.75 Å². The Hall–Kier alpha value is -3.08. The molecule has 0 aliphatic heterocycles. The maximum absolute atomic E-state index is 12.5. The number of benzene rings is 1. The molecule has 5 heteroatoms. The molecule has 0 saturated heterocycles. The van der Waals surface area contributed by atoms with Crippen molar-refractivity contribution in [2.24, 2.45) is 0 Å². The molecule has 1 heterocycles. The summed E-state index contributed by atoms with van der Waals surface area (Å²) in [6, 6.07) is 9.42. The molecule has 0 radical (unpaired) electrons. The average molecular weight is 351 g/mol. The lowest BCUT2D eigenvalue weighted by atomic mass is 10.1. The van der Waals surface area contributed by atoms with Gasteiger partial charge in [-0.1, -0.05) is 31.4 Å². The minimum absolute atomic E-state index is 0. The summed E-state index contributed by atoms with van der Waals surface area (Å²) in [5, 5.41) is 7.61. The Morgan fingerprint density at radius 2 is 2.12 bits per heavy atom. The molecule has 3 rings (SSSR count). The number of methoxy groups -OCH3 is 1. The Morgan fingerprint density at radius 1 is 1.38 bits per heavy atom. The first-order chi connectivity index (χ1) is 12.6. The molecule has 1 aliphatic carbocycles. The lowest BCUT2D eigenvalue weighted by Crippen LogP contribution is -2.17. The standard InChI is InChI=1S/C21H23N3O2.H2/c1-4-6-17(5-2)24-20(14-19(23-24)16-9-10-16)22-21(25)13-15-7-11-18(26-3)12-8-15;/h4-8,11-12,14,16H,1-2,9-10,13H2,3H3,(H,22,25);1H/b17-6+;. The van der Waals surface area contributed by atoms with Crippen LogP contribution in [0, 0.1) is 0 Å². The van der Waals surface area contributed by atoms with E-state index in [9.17, 15) is 4.79 Å². The molecule has 1 aromatic heterocycles. The number of carbonyl (C=O) groups excluding carboxylic acids is 1. The minimum Gasteiger partial charge on any atom is -0.497 e. The molecular weight excluding hydrogens is 326 g/mol. The van der Waals surface area contributed by atoms with Gasteiger partial charge in [0.1, 0.15) is 11.6 Å². The van der Waals surface area contributed by atoms with Gasteiger partial charge < -0.3 is 10.1 Å². The molecule has 1 fully saturated rings. The van der Waals surface area contributed by atoms with E-state index in [0.29, 0.717) is 11.7 Å². The van der Waals surface area contributed by atoms with Gasteiger partial charge in [0.15, 0.2) is 0 Å². The maximum atomic E-state index is 12.5. The van der Waals surface area contributed by atoms with Gasteiger partial charge in [0, 0.05) is 13.4 Å². The highest BCUT2D eigenvalue weighted by molar-refractivity contribution is 5.92. The largest absolute Gasteiger partial charge is 0.497 e. The minimum atomic E-state index is -0.0966. The smallest absolute Gasteiger partial charge is 0.229 e. The number of hydrogen-bond donors (Lipinski definition) is 1. The van der Waals surface area contributed by atoms with Gasteiger partial charge in [-0.2, -0.15) is 5.10 Å². The summed E-state index contributed by atoms with van der Waals surface area (Å²) in [5.41, 5.74) is 2.69. The van der Waals surface area contributed by atoms with Gasteiger partial charge in [-0.05, 0) is 42.7 Å². The van der Waals surface area contributed by atoms with Gasteiger partial charge in [0.2, 0.25) is 5.91 Å². The quantitative estimate of drug-likeness (QED) is 0.717. The van der Waals surface area contributed by atoms with E-state index in [1.807, 2.05) is 36.4 Å². The lowest BCUT2D eigenvalue weighted by Gasteiger charge is -2.09. The topological polar surface area (TPSA) is 56.2 Å². The first-order valence-electron chi connectivity index (χ1n) is 8.63. The van der Waals surface area contributed by atoms with Crippen LogP contribution in [0.2, 0.25) is 0 Å². The Labute approximate surface area is 155 Å². The van der Waals surface area contributed by atoms with E-state index in [0.717, 1.165) is 35.5 Å². The number of anilines is 1. The molecule has 5 nitrogen and oxygen atoms in total. The molecule has 1 saturated carbocycles. The lowest BCUT2D eigenvalue weighted by molar-refractivity contribution is -0.115. The van der Waals surface area contributed by atoms with Crippen molar-refractivity contribution in [2.75, 3.05) is 12.4 Å². The summed E-state index contributed by atoms with van der Waals surface area (Å²) < 4.78 is 6.86. The van der Waals surface area contributed by atoms with Gasteiger partial charge in [0.25, 0.3) is 0 Å². The molecule has 0 spiro atoms. The summed E-state index contributed by atoms with van der Waals surface area (Å²) >= 11 is 0. The number of rotatable bonds is 8. The summed E-state index contributed by atoms with van der Waals surface area (Å²) in [6.45, 7) is 7.55. The van der Waals surface area contributed by atoms with E-state index >= 15 is 0 Å². The van der Waals surface area contributed by atoms with Gasteiger partial charge in [-0.25, -0.2) is 4.68 Å². The molecule has 136 valence electrons. The number of hydrogen-bond acceptors (Lipinski definition) is 3. The van der Waals surface area contributed by atoms with Crippen molar-refractivity contribution in [3.63, 3.8) is 0 Å². The van der Waals surface area contributed by atoms with Gasteiger partial charge in [-0.15, -0.1) is 0 Å². The van der Waals surface area contributed by atoms with Crippen LogP contribution in [0.1, 0.15) is 31.4 Å². The van der Waals surface area contributed by atoms with Crippen molar-refractivity contribution in [1.82, 2.24) is 9.78 Å². The predicted molar refractivity (Wildman–Crippen MR) is 106 cm³/mol. The van der Waals surface area contributed by atoms with Crippen molar-refractivity contribution in [1.29, 1.82) is 0 Å². The molecular formula is C21H25N3O2. The van der Waals surface area contributed by atoms with Crippen LogP contribution in [0.5, 0.6) is 5.75 Å². The summed E-state index contributed by atoms with van der Waals surface area (Å²) in [6.07, 6.45) is 7.76. The normalized spacial score (nSPS) is 14.0. The number of nitrogens with one attached hydrogen (secondary N) is 1. The van der Waals surface area contributed by atoms with Crippen LogP contribution in [0.15, 0.2) is 61.7 Å². The molecule has 1 aromatic carbocycles. The predicted octanol–water partition coefficient (Wildman–Crippen LogP) is 4.41. The van der Waals surface area contributed by atoms with E-state index in [4.69, 9.17) is 4.74 Å². The van der Waals surface area contributed by atoms with Crippen molar-refractivity contribution < 1.29 is 11.0 Å². The molecule has 0 bridgehead atoms. The molecule has 1 N–H and O–H groups in total. The van der Waals surface area contributed by atoms with Gasteiger partial charge in [-0.3, -0.25) is 4.79 Å². The Kier molecular flexibility index (Phi) is 5.37. The Bertz CT molecular complexity index is 849. The highest BCUT2D eigenvalue weighted by Crippen LogP contribution is 2.40. The fraction of sp³-hybridized carbons (Fsp3) is 0.238. The average Bonchev–Trinajstić information content (AvgIpc) is 3.42. The Balaban J connectivity index is 0.00000261. The van der Waals surface area contributed by atoms with E-state index in [-0.39, 0.29) is 13.8 Å². The summed E-state index contributed by atoms with van der Waals surface area (Å²) in [7, 11) is 1.62. The number of aromatic nitrogens is 2. The maximum Gasteiger partial charge on any atom is 0.229 e. The van der Waals surface area contributed by atoms with E-state index < -0.39 is 0 Å². The molecule has 0 atom stereocenters. The van der Waals surface area contributed by atoms with E-state index in [1.54, 1.807) is 23.9 Å². The number of nitrogens with zero attached hydrogens (tertiary/aromatic N) is 2. The van der Waals surface area contributed by atoms with Crippen LogP contribution in [0.3, 0.4) is 0 Å².